The average molecular weight is 748 g/mol. The zero-order valence-corrected chi connectivity index (χ0v) is 30.3. The molecule has 0 N–H and O–H groups in total. The molecule has 0 amide bonds. The fourth-order valence-corrected chi connectivity index (χ4v) is 7.94. The van der Waals surface area contributed by atoms with E-state index in [1.54, 1.807) is 18.2 Å². The Balaban J connectivity index is 1.05. The van der Waals surface area contributed by atoms with Crippen molar-refractivity contribution in [3.63, 3.8) is 0 Å². The summed E-state index contributed by atoms with van der Waals surface area (Å²) in [6.45, 7) is 0. The Morgan fingerprint density at radius 1 is 0.281 bits per heavy atom. The molecule has 10 rings (SSSR count). The van der Waals surface area contributed by atoms with Crippen molar-refractivity contribution in [2.24, 2.45) is 0 Å². The van der Waals surface area contributed by atoms with Crippen LogP contribution in [-0.2, 0) is 14.2 Å². The normalized spacial score (nSPS) is 17.5. The van der Waals surface area contributed by atoms with Crippen molar-refractivity contribution in [1.82, 2.24) is 0 Å². The Bertz CT molecular complexity index is 2500. The van der Waals surface area contributed by atoms with E-state index in [1.807, 2.05) is 178 Å². The van der Waals surface area contributed by atoms with Gasteiger partial charge in [0, 0.05) is 50.8 Å². The van der Waals surface area contributed by atoms with Crippen molar-refractivity contribution in [3.05, 3.63) is 215 Å². The largest absolute Gasteiger partial charge is 0.433 e. The minimum atomic E-state index is -0.758. The second kappa shape index (κ2) is 13.9. The summed E-state index contributed by atoms with van der Waals surface area (Å²) in [5.74, 6) is -1.14. The van der Waals surface area contributed by atoms with Gasteiger partial charge in [0.25, 0.3) is 0 Å². The van der Waals surface area contributed by atoms with Crippen LogP contribution in [0.5, 0.6) is 0 Å². The fraction of sp³-hybridized carbons (Fsp3) is 0.0625. The van der Waals surface area contributed by atoms with Gasteiger partial charge in [-0.25, -0.2) is 14.4 Å². The molecule has 9 nitrogen and oxygen atoms in total. The molecule has 276 valence electrons. The molecule has 0 aromatic heterocycles. The van der Waals surface area contributed by atoms with Crippen LogP contribution in [0.3, 0.4) is 0 Å². The number of benzene rings is 7. The number of ether oxygens (including phenoxy) is 3. The summed E-state index contributed by atoms with van der Waals surface area (Å²) < 4.78 is 18.1. The summed E-state index contributed by atoms with van der Waals surface area (Å²) >= 11 is 0. The Hall–Kier alpha value is -7.65. The lowest BCUT2D eigenvalue weighted by Gasteiger charge is -2.34. The molecule has 0 aliphatic carbocycles. The van der Waals surface area contributed by atoms with Crippen LogP contribution in [-0.4, -0.2) is 17.9 Å². The summed E-state index contributed by atoms with van der Waals surface area (Å²) in [6, 6.07) is 57.7. The molecule has 3 aliphatic heterocycles. The molecule has 3 unspecified atom stereocenters. The van der Waals surface area contributed by atoms with Gasteiger partial charge in [-0.15, -0.1) is 0 Å². The molecule has 7 aromatic carbocycles. The standard InChI is InChI=1S/C48H33N3O6/c52-46-40-20-10-7-17-37(40)43(55-46)49(31-13-3-1-4-14-31)33-23-27-35(28-24-33)51(45-39-19-9-12-22-42(39)48(54)57-45)36-29-25-34(26-30-36)50(32-15-5-2-6-16-32)44-38-18-8-11-21-41(38)47(53)56-44/h1-30,43-45H. The van der Waals surface area contributed by atoms with Gasteiger partial charge in [0.2, 0.25) is 18.7 Å². The molecule has 0 fully saturated rings. The van der Waals surface area contributed by atoms with E-state index >= 15 is 0 Å². The first-order valence-corrected chi connectivity index (χ1v) is 18.6. The van der Waals surface area contributed by atoms with E-state index in [2.05, 4.69) is 0 Å². The Kier molecular flexibility index (Phi) is 8.26. The lowest BCUT2D eigenvalue weighted by atomic mass is 10.1. The summed E-state index contributed by atoms with van der Waals surface area (Å²) in [6.07, 6.45) is -2.11. The highest BCUT2D eigenvalue weighted by atomic mass is 16.6. The van der Waals surface area contributed by atoms with Gasteiger partial charge in [0.05, 0.1) is 16.7 Å². The van der Waals surface area contributed by atoms with E-state index in [1.165, 1.54) is 0 Å². The van der Waals surface area contributed by atoms with Crippen LogP contribution < -0.4 is 14.7 Å². The highest BCUT2D eigenvalue weighted by molar-refractivity contribution is 5.96. The van der Waals surface area contributed by atoms with Crippen molar-refractivity contribution >= 4 is 52.0 Å². The maximum absolute atomic E-state index is 13.2. The number of esters is 3. The number of hydrogen-bond acceptors (Lipinski definition) is 9. The number of anilines is 6. The highest BCUT2D eigenvalue weighted by Crippen LogP contribution is 2.46. The topological polar surface area (TPSA) is 88.6 Å². The average Bonchev–Trinajstić information content (AvgIpc) is 3.90. The first-order valence-electron chi connectivity index (χ1n) is 18.6. The number of nitrogens with zero attached hydrogens (tertiary/aromatic N) is 3. The van der Waals surface area contributed by atoms with Crippen LogP contribution in [0.1, 0.15) is 66.4 Å². The molecule has 57 heavy (non-hydrogen) atoms. The second-order valence-electron chi connectivity index (χ2n) is 13.8. The van der Waals surface area contributed by atoms with Crippen LogP contribution in [0.15, 0.2) is 182 Å². The van der Waals surface area contributed by atoms with Gasteiger partial charge >= 0.3 is 17.9 Å². The van der Waals surface area contributed by atoms with Crippen molar-refractivity contribution in [1.29, 1.82) is 0 Å². The lowest BCUT2D eigenvalue weighted by molar-refractivity contribution is 0.0388. The van der Waals surface area contributed by atoms with E-state index in [0.717, 1.165) is 50.8 Å². The Morgan fingerprint density at radius 3 is 0.789 bits per heavy atom. The number of para-hydroxylation sites is 2. The minimum Gasteiger partial charge on any atom is -0.433 e. The van der Waals surface area contributed by atoms with E-state index in [-0.39, 0.29) is 11.9 Å². The first kappa shape index (κ1) is 33.9. The number of carbonyl (C=O) groups excluding carboxylic acids is 3. The molecule has 7 aromatic rings. The molecule has 3 atom stereocenters. The number of rotatable bonds is 9. The summed E-state index contributed by atoms with van der Waals surface area (Å²) in [5.41, 5.74) is 8.72. The van der Waals surface area contributed by atoms with Crippen LogP contribution in [0.25, 0.3) is 0 Å². The molecule has 3 aliphatic rings. The van der Waals surface area contributed by atoms with E-state index in [0.29, 0.717) is 16.7 Å². The molecular formula is C48H33N3O6. The van der Waals surface area contributed by atoms with E-state index < -0.39 is 24.7 Å². The van der Waals surface area contributed by atoms with Crippen molar-refractivity contribution in [3.8, 4) is 0 Å². The lowest BCUT2D eigenvalue weighted by Crippen LogP contribution is -2.26. The van der Waals surface area contributed by atoms with Gasteiger partial charge in [-0.3, -0.25) is 0 Å². The predicted molar refractivity (Wildman–Crippen MR) is 216 cm³/mol. The molecule has 0 bridgehead atoms. The van der Waals surface area contributed by atoms with E-state index in [4.69, 9.17) is 14.2 Å². The van der Waals surface area contributed by atoms with Gasteiger partial charge in [0.1, 0.15) is 0 Å². The molecule has 0 radical (unpaired) electrons. The zero-order chi connectivity index (χ0) is 38.5. The third-order valence-electron chi connectivity index (χ3n) is 10.6. The molecule has 0 saturated heterocycles. The predicted octanol–water partition coefficient (Wildman–Crippen LogP) is 10.7. The third-order valence-corrected chi connectivity index (χ3v) is 10.6. The number of fused-ring (bicyclic) bond motifs is 3. The monoisotopic (exact) mass is 747 g/mol. The van der Waals surface area contributed by atoms with Crippen molar-refractivity contribution < 1.29 is 28.6 Å². The Labute approximate surface area is 328 Å². The molecular weight excluding hydrogens is 715 g/mol. The van der Waals surface area contributed by atoms with Gasteiger partial charge in [-0.2, -0.15) is 0 Å². The maximum Gasteiger partial charge on any atom is 0.340 e. The van der Waals surface area contributed by atoms with Crippen LogP contribution in [0.4, 0.5) is 34.1 Å². The van der Waals surface area contributed by atoms with Gasteiger partial charge < -0.3 is 28.9 Å². The van der Waals surface area contributed by atoms with Gasteiger partial charge in [-0.1, -0.05) is 91.0 Å². The minimum absolute atomic E-state index is 0.370. The van der Waals surface area contributed by atoms with Crippen LogP contribution >= 0.6 is 0 Å². The number of carbonyl (C=O) groups is 3. The van der Waals surface area contributed by atoms with E-state index in [9.17, 15) is 14.4 Å². The van der Waals surface area contributed by atoms with Crippen LogP contribution in [0.2, 0.25) is 0 Å². The summed E-state index contributed by atoms with van der Waals surface area (Å²) in [7, 11) is 0. The second-order valence-corrected chi connectivity index (χ2v) is 13.8. The Morgan fingerprint density at radius 2 is 0.509 bits per heavy atom. The zero-order valence-electron chi connectivity index (χ0n) is 30.3. The third kappa shape index (κ3) is 5.84. The molecule has 0 saturated carbocycles. The number of hydrogen-bond donors (Lipinski definition) is 0. The quantitative estimate of drug-likeness (QED) is 0.106. The fourth-order valence-electron chi connectivity index (χ4n) is 7.94. The maximum atomic E-state index is 13.2. The smallest absolute Gasteiger partial charge is 0.340 e. The molecule has 9 heteroatoms. The number of cyclic esters (lactones) is 3. The molecule has 0 spiro atoms. The highest BCUT2D eigenvalue weighted by Gasteiger charge is 2.39. The van der Waals surface area contributed by atoms with Gasteiger partial charge in [0.15, 0.2) is 0 Å². The summed E-state index contributed by atoms with van der Waals surface area (Å²) in [5, 5.41) is 0. The molecule has 3 heterocycles. The summed E-state index contributed by atoms with van der Waals surface area (Å²) in [4.78, 5) is 45.2. The van der Waals surface area contributed by atoms with Crippen LogP contribution in [0, 0.1) is 0 Å². The van der Waals surface area contributed by atoms with Crippen molar-refractivity contribution in [2.45, 2.75) is 18.7 Å². The SMILES string of the molecule is O=C1OC(N(c2ccccc2)c2ccc(N(c3ccc(N(c4ccccc4)C4OC(=O)c5ccccc54)cc3)C3OC(=O)c4ccccc43)cc2)c2ccccc21. The van der Waals surface area contributed by atoms with Crippen molar-refractivity contribution in [2.75, 3.05) is 14.7 Å². The van der Waals surface area contributed by atoms with Gasteiger partial charge in [-0.05, 0) is 91.0 Å². The first-order chi connectivity index (χ1) is 28.0.